The van der Waals surface area contributed by atoms with E-state index in [2.05, 4.69) is 4.98 Å². The van der Waals surface area contributed by atoms with E-state index in [9.17, 15) is 9.59 Å². The van der Waals surface area contributed by atoms with Crippen molar-refractivity contribution in [1.82, 2.24) is 18.7 Å². The minimum Gasteiger partial charge on any atom is -0.425 e. The Morgan fingerprint density at radius 1 is 0.871 bits per heavy atom. The molecule has 0 aliphatic carbocycles. The maximum Gasteiger partial charge on any atom is 0.332 e. The lowest BCUT2D eigenvalue weighted by Crippen LogP contribution is -2.37. The highest BCUT2D eigenvalue weighted by molar-refractivity contribution is 6.42. The summed E-state index contributed by atoms with van der Waals surface area (Å²) in [5.41, 5.74) is 0.130. The molecule has 11 heteroatoms. The minimum atomic E-state index is -0.505. The van der Waals surface area contributed by atoms with Crippen molar-refractivity contribution in [1.29, 1.82) is 0 Å². The van der Waals surface area contributed by atoms with Gasteiger partial charge in [-0.1, -0.05) is 52.5 Å². The molecule has 0 amide bonds. The van der Waals surface area contributed by atoms with E-state index in [0.29, 0.717) is 25.8 Å². The fraction of sp³-hybridized carbons (Fsp3) is 0.150. The monoisotopic (exact) mass is 498 g/mol. The Bertz CT molecular complexity index is 1460. The number of aromatic nitrogens is 4. The van der Waals surface area contributed by atoms with E-state index in [1.807, 2.05) is 0 Å². The Kier molecular flexibility index (Phi) is 5.79. The number of aryl methyl sites for hydroxylation is 1. The molecule has 7 nitrogen and oxygen atoms in total. The van der Waals surface area contributed by atoms with Gasteiger partial charge < -0.3 is 4.74 Å². The van der Waals surface area contributed by atoms with Gasteiger partial charge in [0.25, 0.3) is 5.56 Å². The number of ether oxygens (including phenoxy) is 1. The molecule has 2 aromatic heterocycles. The molecular formula is C20H14Cl4N4O3. The summed E-state index contributed by atoms with van der Waals surface area (Å²) < 4.78 is 9.79. The molecule has 0 unspecified atom stereocenters. The number of benzene rings is 2. The Morgan fingerprint density at radius 3 is 2.16 bits per heavy atom. The summed E-state index contributed by atoms with van der Waals surface area (Å²) in [6, 6.07) is 9.95. The molecule has 0 saturated carbocycles. The summed E-state index contributed by atoms with van der Waals surface area (Å²) in [7, 11) is 2.93. The number of hydrogen-bond donors (Lipinski definition) is 0. The van der Waals surface area contributed by atoms with E-state index >= 15 is 0 Å². The third-order valence-corrected chi connectivity index (χ3v) is 6.22. The number of hydrogen-bond acceptors (Lipinski definition) is 4. The van der Waals surface area contributed by atoms with Gasteiger partial charge in [-0.2, -0.15) is 4.98 Å². The molecule has 31 heavy (non-hydrogen) atoms. The van der Waals surface area contributed by atoms with E-state index in [0.717, 1.165) is 10.1 Å². The third-order valence-electron chi connectivity index (χ3n) is 4.74. The summed E-state index contributed by atoms with van der Waals surface area (Å²) >= 11 is 24.2. The molecule has 2 aromatic carbocycles. The molecule has 0 saturated heterocycles. The van der Waals surface area contributed by atoms with Crippen LogP contribution in [0.2, 0.25) is 20.1 Å². The van der Waals surface area contributed by atoms with Crippen LogP contribution in [0.4, 0.5) is 0 Å². The predicted octanol–water partition coefficient (Wildman–Crippen LogP) is 4.89. The van der Waals surface area contributed by atoms with Crippen molar-refractivity contribution in [2.75, 3.05) is 0 Å². The first-order chi connectivity index (χ1) is 14.7. The highest BCUT2D eigenvalue weighted by Crippen LogP contribution is 2.31. The summed E-state index contributed by atoms with van der Waals surface area (Å²) in [5.74, 6) is 0.363. The van der Waals surface area contributed by atoms with Crippen molar-refractivity contribution in [3.8, 4) is 11.8 Å². The van der Waals surface area contributed by atoms with Crippen molar-refractivity contribution in [3.63, 3.8) is 0 Å². The third kappa shape index (κ3) is 3.94. The van der Waals surface area contributed by atoms with E-state index < -0.39 is 11.2 Å². The van der Waals surface area contributed by atoms with Crippen LogP contribution in [0.3, 0.4) is 0 Å². The zero-order valence-corrected chi connectivity index (χ0v) is 19.2. The molecule has 0 fully saturated rings. The van der Waals surface area contributed by atoms with Gasteiger partial charge in [0.2, 0.25) is 0 Å². The Morgan fingerprint density at radius 2 is 1.52 bits per heavy atom. The highest BCUT2D eigenvalue weighted by Gasteiger charge is 2.21. The maximum atomic E-state index is 12.9. The smallest absolute Gasteiger partial charge is 0.332 e. The first-order valence-corrected chi connectivity index (χ1v) is 10.4. The van der Waals surface area contributed by atoms with Gasteiger partial charge in [0, 0.05) is 20.2 Å². The van der Waals surface area contributed by atoms with Crippen molar-refractivity contribution < 1.29 is 4.74 Å². The second kappa shape index (κ2) is 8.24. The highest BCUT2D eigenvalue weighted by atomic mass is 35.5. The Balaban J connectivity index is 1.94. The van der Waals surface area contributed by atoms with Gasteiger partial charge in [-0.3, -0.25) is 18.5 Å². The van der Waals surface area contributed by atoms with E-state index in [4.69, 9.17) is 51.1 Å². The SMILES string of the molecule is Cn1c(=O)c2c(nc(Oc3ccc(Cl)c(Cl)c3)n2Cc2ccc(Cl)c(Cl)c2)n(C)c1=O. The van der Waals surface area contributed by atoms with Crippen LogP contribution >= 0.6 is 46.4 Å². The summed E-state index contributed by atoms with van der Waals surface area (Å²) in [6.45, 7) is 0.192. The fourth-order valence-electron chi connectivity index (χ4n) is 3.12. The lowest BCUT2D eigenvalue weighted by molar-refractivity contribution is 0.421. The molecule has 0 N–H and O–H groups in total. The van der Waals surface area contributed by atoms with Crippen molar-refractivity contribution in [2.24, 2.45) is 14.1 Å². The van der Waals surface area contributed by atoms with E-state index in [1.54, 1.807) is 34.9 Å². The normalized spacial score (nSPS) is 11.3. The van der Waals surface area contributed by atoms with E-state index in [1.165, 1.54) is 24.7 Å². The van der Waals surface area contributed by atoms with Crippen LogP contribution in [0.25, 0.3) is 11.2 Å². The number of rotatable bonds is 4. The molecule has 4 aromatic rings. The second-order valence-electron chi connectivity index (χ2n) is 6.78. The number of fused-ring (bicyclic) bond motifs is 1. The number of nitrogens with zero attached hydrogens (tertiary/aromatic N) is 4. The zero-order valence-electron chi connectivity index (χ0n) is 16.2. The maximum absolute atomic E-state index is 12.9. The molecule has 0 spiro atoms. The predicted molar refractivity (Wildman–Crippen MR) is 122 cm³/mol. The zero-order chi connectivity index (χ0) is 22.4. The van der Waals surface area contributed by atoms with Crippen molar-refractivity contribution >= 4 is 57.6 Å². The standard InChI is InChI=1S/C20H14Cl4N4O3/c1-26-17-16(18(29)27(2)20(26)30)28(9-10-3-5-12(21)14(23)7-10)19(25-17)31-11-4-6-13(22)15(24)8-11/h3-8H,9H2,1-2H3. The van der Waals surface area contributed by atoms with Crippen LogP contribution in [-0.2, 0) is 20.6 Å². The molecule has 2 heterocycles. The minimum absolute atomic E-state index is 0.0951. The van der Waals surface area contributed by atoms with Crippen molar-refractivity contribution in [2.45, 2.75) is 6.54 Å². The summed E-state index contributed by atoms with van der Waals surface area (Å²) in [5, 5.41) is 1.45. The molecule has 0 aliphatic heterocycles. The molecule has 160 valence electrons. The van der Waals surface area contributed by atoms with Crippen LogP contribution in [0.15, 0.2) is 46.0 Å². The quantitative estimate of drug-likeness (QED) is 0.401. The largest absolute Gasteiger partial charge is 0.425 e. The molecular weight excluding hydrogens is 486 g/mol. The summed E-state index contributed by atoms with van der Waals surface area (Å²) in [6.07, 6.45) is 0. The first kappa shape index (κ1) is 21.8. The molecule has 0 bridgehead atoms. The van der Waals surface area contributed by atoms with Crippen LogP contribution in [-0.4, -0.2) is 18.7 Å². The Hall–Kier alpha value is -2.45. The average molecular weight is 500 g/mol. The van der Waals surface area contributed by atoms with E-state index in [-0.39, 0.29) is 23.7 Å². The van der Waals surface area contributed by atoms with Crippen LogP contribution in [0, 0.1) is 0 Å². The lowest BCUT2D eigenvalue weighted by atomic mass is 10.2. The Labute approximate surface area is 195 Å². The van der Waals surface area contributed by atoms with Gasteiger partial charge in [-0.25, -0.2) is 4.79 Å². The topological polar surface area (TPSA) is 71.1 Å². The van der Waals surface area contributed by atoms with Crippen molar-refractivity contribution in [3.05, 3.63) is 82.9 Å². The lowest BCUT2D eigenvalue weighted by Gasteiger charge is -2.11. The molecule has 0 atom stereocenters. The second-order valence-corrected chi connectivity index (χ2v) is 8.41. The van der Waals surface area contributed by atoms with Gasteiger partial charge in [-0.15, -0.1) is 0 Å². The van der Waals surface area contributed by atoms with Gasteiger partial charge in [0.15, 0.2) is 11.2 Å². The average Bonchev–Trinajstić information content (AvgIpc) is 3.08. The molecule has 0 radical (unpaired) electrons. The fourth-order valence-corrected chi connectivity index (χ4v) is 3.73. The van der Waals surface area contributed by atoms with Gasteiger partial charge >= 0.3 is 11.7 Å². The number of halogens is 4. The van der Waals surface area contributed by atoms with Gasteiger partial charge in [0.05, 0.1) is 26.6 Å². The molecule has 0 aliphatic rings. The van der Waals surface area contributed by atoms with Crippen LogP contribution < -0.4 is 16.0 Å². The van der Waals surface area contributed by atoms with Crippen LogP contribution in [0.1, 0.15) is 5.56 Å². The van der Waals surface area contributed by atoms with Gasteiger partial charge in [0.1, 0.15) is 5.75 Å². The molecule has 4 rings (SSSR count). The number of imidazole rings is 1. The van der Waals surface area contributed by atoms with Crippen LogP contribution in [0.5, 0.6) is 11.8 Å². The summed E-state index contributed by atoms with van der Waals surface area (Å²) in [4.78, 5) is 29.7. The van der Waals surface area contributed by atoms with Gasteiger partial charge in [-0.05, 0) is 29.8 Å². The first-order valence-electron chi connectivity index (χ1n) is 8.90.